The maximum Gasteiger partial charge on any atom is 0.416 e. The van der Waals surface area contributed by atoms with Crippen molar-refractivity contribution >= 4 is 11.8 Å². The number of halogens is 3. The van der Waals surface area contributed by atoms with Crippen LogP contribution in [0.4, 0.5) is 13.2 Å². The summed E-state index contributed by atoms with van der Waals surface area (Å²) < 4.78 is 39.3. The normalized spacial score (nSPS) is 18.8. The van der Waals surface area contributed by atoms with Crippen molar-refractivity contribution in [1.82, 2.24) is 21.1 Å². The number of aliphatic hydroxyl groups is 1. The van der Waals surface area contributed by atoms with Gasteiger partial charge in [-0.15, -0.1) is 0 Å². The molecule has 0 saturated carbocycles. The van der Waals surface area contributed by atoms with Gasteiger partial charge >= 0.3 is 6.18 Å². The summed E-state index contributed by atoms with van der Waals surface area (Å²) in [6, 6.07) is 14.2. The number of benzene rings is 2. The van der Waals surface area contributed by atoms with Gasteiger partial charge in [0, 0.05) is 32.1 Å². The van der Waals surface area contributed by atoms with E-state index in [1.807, 2.05) is 44.2 Å². The zero-order valence-electron chi connectivity index (χ0n) is 22.8. The number of carbonyl (C=O) groups excluding carboxylic acids is 2. The van der Waals surface area contributed by atoms with Crippen LogP contribution < -0.4 is 21.8 Å². The molecule has 218 valence electrons. The molecule has 0 fully saturated rings. The van der Waals surface area contributed by atoms with Crippen molar-refractivity contribution in [2.75, 3.05) is 19.6 Å². The molecule has 0 aliphatic carbocycles. The molecule has 1 aliphatic rings. The Morgan fingerprint density at radius 2 is 1.80 bits per heavy atom. The molecule has 2 amide bonds. The number of nitrogens with one attached hydrogen (secondary N) is 3. The predicted octanol–water partition coefficient (Wildman–Crippen LogP) is 2.88. The summed E-state index contributed by atoms with van der Waals surface area (Å²) in [5, 5.41) is 18.8. The minimum absolute atomic E-state index is 0.0392. The summed E-state index contributed by atoms with van der Waals surface area (Å²) in [5.41, 5.74) is 8.18. The summed E-state index contributed by atoms with van der Waals surface area (Å²) in [6.45, 7) is 4.68. The Kier molecular flexibility index (Phi) is 10.7. The summed E-state index contributed by atoms with van der Waals surface area (Å²) in [5.74, 6) is -1.95. The molecule has 1 heterocycles. The average molecular weight is 562 g/mol. The molecule has 2 aromatic rings. The Balaban J connectivity index is 1.88. The number of likely N-dealkylation sites (N-methyl/N-ethyl adjacent to an activating group) is 1. The van der Waals surface area contributed by atoms with Gasteiger partial charge in [-0.2, -0.15) is 13.2 Å². The van der Waals surface area contributed by atoms with Crippen LogP contribution in [-0.2, 0) is 28.7 Å². The van der Waals surface area contributed by atoms with Crippen molar-refractivity contribution in [1.29, 1.82) is 0 Å². The monoisotopic (exact) mass is 561 g/mol. The zero-order valence-corrected chi connectivity index (χ0v) is 22.8. The summed E-state index contributed by atoms with van der Waals surface area (Å²) in [6.07, 6.45) is -2.20. The third kappa shape index (κ3) is 7.61. The highest BCUT2D eigenvalue weighted by molar-refractivity contribution is 5.97. The predicted molar refractivity (Wildman–Crippen MR) is 146 cm³/mol. The van der Waals surface area contributed by atoms with Crippen LogP contribution in [0.3, 0.4) is 0 Å². The lowest BCUT2D eigenvalue weighted by molar-refractivity contribution is -0.137. The lowest BCUT2D eigenvalue weighted by Gasteiger charge is -2.38. The van der Waals surface area contributed by atoms with E-state index in [4.69, 9.17) is 5.73 Å². The fraction of sp³-hybridized carbons (Fsp3) is 0.448. The summed E-state index contributed by atoms with van der Waals surface area (Å²) in [7, 11) is 0. The van der Waals surface area contributed by atoms with E-state index in [2.05, 4.69) is 16.1 Å². The Bertz CT molecular complexity index is 1180. The van der Waals surface area contributed by atoms with Crippen LogP contribution in [0.5, 0.6) is 0 Å². The van der Waals surface area contributed by atoms with Crippen molar-refractivity contribution in [2.24, 2.45) is 11.7 Å². The smallest absolute Gasteiger partial charge is 0.391 e. The molecular weight excluding hydrogens is 523 g/mol. The highest BCUT2D eigenvalue weighted by Crippen LogP contribution is 2.34. The molecule has 1 unspecified atom stereocenters. The van der Waals surface area contributed by atoms with Crippen molar-refractivity contribution in [3.63, 3.8) is 0 Å². The van der Waals surface area contributed by atoms with E-state index in [9.17, 15) is 27.9 Å². The second kappa shape index (κ2) is 13.8. The maximum absolute atomic E-state index is 13.1. The summed E-state index contributed by atoms with van der Waals surface area (Å²) in [4.78, 5) is 26.1. The first-order chi connectivity index (χ1) is 19.0. The van der Waals surface area contributed by atoms with E-state index in [0.717, 1.165) is 30.5 Å². The van der Waals surface area contributed by atoms with Gasteiger partial charge < -0.3 is 26.5 Å². The van der Waals surface area contributed by atoms with Crippen LogP contribution in [-0.4, -0.2) is 53.2 Å². The number of nitrogens with zero attached hydrogens (tertiary/aromatic N) is 1. The third-order valence-electron chi connectivity index (χ3n) is 7.03. The van der Waals surface area contributed by atoms with E-state index in [1.54, 1.807) is 11.1 Å². The van der Waals surface area contributed by atoms with Crippen LogP contribution in [0, 0.1) is 5.92 Å². The number of hydrogen-bond donors (Lipinski definition) is 5. The second-order valence-corrected chi connectivity index (χ2v) is 9.92. The first kappa shape index (κ1) is 31.1. The molecule has 0 spiro atoms. The number of aliphatic hydroxyl groups excluding tert-OH is 1. The van der Waals surface area contributed by atoms with Crippen LogP contribution in [0.1, 0.15) is 43.4 Å². The first-order valence-electron chi connectivity index (χ1n) is 13.5. The number of unbranched alkanes of at least 4 members (excludes halogenated alkanes) is 1. The molecule has 8 nitrogen and oxygen atoms in total. The topological polar surface area (TPSA) is 120 Å². The van der Waals surface area contributed by atoms with E-state index < -0.39 is 35.2 Å². The number of hydrazine groups is 1. The minimum Gasteiger partial charge on any atom is -0.391 e. The molecule has 0 aromatic heterocycles. The Hall–Kier alpha value is -3.41. The number of alkyl halides is 3. The lowest BCUT2D eigenvalue weighted by atomic mass is 9.76. The SMILES string of the molecule is CCCCNC(=O)C1=CC(C(N)=O)([C@H](Cc2ccccc2)[C@@H](O)CNCc2cccc(C(F)(F)F)c2)NN1CC. The van der Waals surface area contributed by atoms with Gasteiger partial charge in [-0.3, -0.25) is 9.59 Å². The van der Waals surface area contributed by atoms with Crippen LogP contribution in [0.15, 0.2) is 66.4 Å². The second-order valence-electron chi connectivity index (χ2n) is 9.92. The molecule has 3 rings (SSSR count). The van der Waals surface area contributed by atoms with Gasteiger partial charge in [0.05, 0.1) is 11.7 Å². The van der Waals surface area contributed by atoms with Gasteiger partial charge in [-0.1, -0.05) is 61.9 Å². The number of hydrogen-bond acceptors (Lipinski definition) is 6. The van der Waals surface area contributed by atoms with E-state index >= 15 is 0 Å². The molecule has 40 heavy (non-hydrogen) atoms. The molecule has 11 heteroatoms. The van der Waals surface area contributed by atoms with Crippen molar-refractivity contribution in [2.45, 2.75) is 57.5 Å². The standard InChI is InChI=1S/C29H38F3N5O3/c1-3-5-14-35-26(39)24-17-28(27(33)40,36-37(24)4-2)23(16-20-10-7-6-8-11-20)25(38)19-34-18-21-12-9-13-22(15-21)29(30,31)32/h6-13,15,17,23,25,34,36,38H,3-5,14,16,18-19H2,1-2H3,(H2,33,40)(H,35,39)/t23-,25+,28?/m1/s1. The average Bonchev–Trinajstić information content (AvgIpc) is 3.33. The highest BCUT2D eigenvalue weighted by atomic mass is 19.4. The quantitative estimate of drug-likeness (QED) is 0.226. The molecule has 0 saturated heterocycles. The molecule has 6 N–H and O–H groups in total. The van der Waals surface area contributed by atoms with Gasteiger partial charge in [0.2, 0.25) is 5.91 Å². The van der Waals surface area contributed by atoms with Crippen LogP contribution in [0.2, 0.25) is 0 Å². The molecule has 2 aromatic carbocycles. The number of primary amides is 1. The molecule has 0 bridgehead atoms. The molecule has 1 aliphatic heterocycles. The Morgan fingerprint density at radius 3 is 2.42 bits per heavy atom. The highest BCUT2D eigenvalue weighted by Gasteiger charge is 2.51. The Morgan fingerprint density at radius 1 is 1.10 bits per heavy atom. The van der Waals surface area contributed by atoms with Crippen LogP contribution in [0.25, 0.3) is 0 Å². The number of nitrogens with two attached hydrogens (primary N) is 1. The largest absolute Gasteiger partial charge is 0.416 e. The number of rotatable bonds is 14. The van der Waals surface area contributed by atoms with Gasteiger partial charge in [-0.05, 0) is 43.0 Å². The van der Waals surface area contributed by atoms with Gasteiger partial charge in [-0.25, -0.2) is 5.43 Å². The number of amides is 2. The fourth-order valence-corrected chi connectivity index (χ4v) is 4.85. The van der Waals surface area contributed by atoms with Gasteiger partial charge in [0.1, 0.15) is 11.2 Å². The maximum atomic E-state index is 13.1. The Labute approximate surface area is 232 Å². The summed E-state index contributed by atoms with van der Waals surface area (Å²) >= 11 is 0. The van der Waals surface area contributed by atoms with Crippen LogP contribution >= 0.6 is 0 Å². The fourth-order valence-electron chi connectivity index (χ4n) is 4.85. The third-order valence-corrected chi connectivity index (χ3v) is 7.03. The van der Waals surface area contributed by atoms with E-state index in [0.29, 0.717) is 18.7 Å². The molecular formula is C29H38F3N5O3. The van der Waals surface area contributed by atoms with Gasteiger partial charge in [0.25, 0.3) is 5.91 Å². The first-order valence-corrected chi connectivity index (χ1v) is 13.5. The van der Waals surface area contributed by atoms with Crippen molar-refractivity contribution in [3.05, 3.63) is 83.1 Å². The van der Waals surface area contributed by atoms with E-state index in [-0.39, 0.29) is 31.1 Å². The minimum atomic E-state index is -4.46. The zero-order chi connectivity index (χ0) is 29.3. The lowest BCUT2D eigenvalue weighted by Crippen LogP contribution is -2.63. The van der Waals surface area contributed by atoms with E-state index in [1.165, 1.54) is 12.1 Å². The number of carbonyl (C=O) groups is 2. The molecule has 0 radical (unpaired) electrons. The molecule has 3 atom stereocenters. The van der Waals surface area contributed by atoms with Crippen molar-refractivity contribution < 1.29 is 27.9 Å². The van der Waals surface area contributed by atoms with Gasteiger partial charge in [0.15, 0.2) is 0 Å². The van der Waals surface area contributed by atoms with Crippen molar-refractivity contribution in [3.8, 4) is 0 Å².